The van der Waals surface area contributed by atoms with Gasteiger partial charge in [-0.2, -0.15) is 0 Å². The van der Waals surface area contributed by atoms with Crippen molar-refractivity contribution in [1.29, 1.82) is 0 Å². The fraction of sp³-hybridized carbons (Fsp3) is 0.900. The number of hydrogen-bond acceptors (Lipinski definition) is 4. The Labute approximate surface area is 158 Å². The van der Waals surface area contributed by atoms with E-state index in [4.69, 9.17) is 9.47 Å². The summed E-state index contributed by atoms with van der Waals surface area (Å²) >= 11 is 0. The van der Waals surface area contributed by atoms with Crippen LogP contribution in [-0.2, 0) is 19.1 Å². The van der Waals surface area contributed by atoms with Crippen LogP contribution in [0, 0.1) is 11.3 Å². The molecule has 0 aliphatic carbocycles. The van der Waals surface area contributed by atoms with Crippen molar-refractivity contribution in [3.8, 4) is 0 Å². The number of ether oxygens (including phenoxy) is 2. The van der Waals surface area contributed by atoms with Crippen molar-refractivity contribution in [1.82, 2.24) is 0 Å². The second-order valence-corrected chi connectivity index (χ2v) is 7.19. The molecule has 0 aliphatic heterocycles. The molecule has 0 rings (SSSR count). The van der Waals surface area contributed by atoms with E-state index in [0.717, 1.165) is 51.4 Å². The molecule has 0 aromatic carbocycles. The SMILES string of the molecule is CCCC(CCCCCCCCCC(OC)OC)(C(=O)O)C(C)C(=O)O. The van der Waals surface area contributed by atoms with Crippen LogP contribution in [0.4, 0.5) is 0 Å². The van der Waals surface area contributed by atoms with Gasteiger partial charge >= 0.3 is 11.9 Å². The van der Waals surface area contributed by atoms with Gasteiger partial charge in [0.25, 0.3) is 0 Å². The highest BCUT2D eigenvalue weighted by Gasteiger charge is 2.45. The van der Waals surface area contributed by atoms with Gasteiger partial charge < -0.3 is 19.7 Å². The second kappa shape index (κ2) is 14.0. The van der Waals surface area contributed by atoms with Gasteiger partial charge in [-0.05, 0) is 25.7 Å². The van der Waals surface area contributed by atoms with Gasteiger partial charge in [0.15, 0.2) is 6.29 Å². The van der Waals surface area contributed by atoms with Crippen LogP contribution in [0.2, 0.25) is 0 Å². The second-order valence-electron chi connectivity index (χ2n) is 7.19. The molecule has 0 fully saturated rings. The Kier molecular flexibility index (Phi) is 13.4. The third kappa shape index (κ3) is 8.49. The van der Waals surface area contributed by atoms with Gasteiger partial charge in [-0.15, -0.1) is 0 Å². The highest BCUT2D eigenvalue weighted by atomic mass is 16.7. The third-order valence-electron chi connectivity index (χ3n) is 5.41. The van der Waals surface area contributed by atoms with Crippen molar-refractivity contribution in [2.45, 2.75) is 90.8 Å². The Morgan fingerprint density at radius 1 is 0.885 bits per heavy atom. The number of unbranched alkanes of at least 4 members (excludes halogenated alkanes) is 6. The van der Waals surface area contributed by atoms with Crippen molar-refractivity contribution >= 4 is 11.9 Å². The molecule has 154 valence electrons. The average molecular weight is 375 g/mol. The molecule has 0 heterocycles. The molecule has 0 bridgehead atoms. The van der Waals surface area contributed by atoms with Crippen molar-refractivity contribution in [3.05, 3.63) is 0 Å². The van der Waals surface area contributed by atoms with Gasteiger partial charge in [0.2, 0.25) is 0 Å². The summed E-state index contributed by atoms with van der Waals surface area (Å²) in [5, 5.41) is 19.0. The lowest BCUT2D eigenvalue weighted by atomic mass is 9.69. The van der Waals surface area contributed by atoms with Crippen LogP contribution in [0.15, 0.2) is 0 Å². The zero-order chi connectivity index (χ0) is 20.0. The number of carboxylic acids is 2. The normalized spacial score (nSPS) is 15.0. The Bertz CT molecular complexity index is 394. The Morgan fingerprint density at radius 3 is 1.81 bits per heavy atom. The van der Waals surface area contributed by atoms with E-state index >= 15 is 0 Å². The molecule has 2 unspecified atom stereocenters. The standard InChI is InChI=1S/C20H38O6/c1-5-14-20(19(23)24,16(2)18(21)22)15-12-10-8-6-7-9-11-13-17(25-3)26-4/h16-17H,5-15H2,1-4H3,(H,21,22)(H,23,24). The van der Waals surface area contributed by atoms with Crippen LogP contribution < -0.4 is 0 Å². The summed E-state index contributed by atoms with van der Waals surface area (Å²) in [5.74, 6) is -2.86. The predicted octanol–water partition coefficient (Wildman–Crippen LogP) is 4.71. The maximum absolute atomic E-state index is 11.8. The first-order valence-electron chi connectivity index (χ1n) is 9.87. The molecule has 0 saturated heterocycles. The van der Waals surface area contributed by atoms with Gasteiger partial charge in [-0.25, -0.2) is 0 Å². The Hall–Kier alpha value is -1.14. The van der Waals surface area contributed by atoms with E-state index in [-0.39, 0.29) is 6.29 Å². The van der Waals surface area contributed by atoms with Crippen LogP contribution in [0.1, 0.15) is 84.5 Å². The molecule has 0 saturated carbocycles. The minimum Gasteiger partial charge on any atom is -0.481 e. The molecule has 26 heavy (non-hydrogen) atoms. The molecule has 0 aliphatic rings. The summed E-state index contributed by atoms with van der Waals surface area (Å²) in [6.45, 7) is 3.43. The summed E-state index contributed by atoms with van der Waals surface area (Å²) in [4.78, 5) is 23.2. The first-order chi connectivity index (χ1) is 12.4. The maximum Gasteiger partial charge on any atom is 0.310 e. The van der Waals surface area contributed by atoms with Gasteiger partial charge in [-0.3, -0.25) is 9.59 Å². The summed E-state index contributed by atoms with van der Waals surface area (Å²) in [5.41, 5.74) is -1.14. The molecule has 6 heteroatoms. The quantitative estimate of drug-likeness (QED) is 0.283. The van der Waals surface area contributed by atoms with Gasteiger partial charge in [0.05, 0.1) is 11.3 Å². The number of aliphatic carboxylic acids is 2. The highest BCUT2D eigenvalue weighted by molar-refractivity contribution is 5.83. The average Bonchev–Trinajstić information content (AvgIpc) is 2.61. The number of hydrogen-bond donors (Lipinski definition) is 2. The predicted molar refractivity (Wildman–Crippen MR) is 101 cm³/mol. The van der Waals surface area contributed by atoms with Crippen LogP contribution >= 0.6 is 0 Å². The van der Waals surface area contributed by atoms with E-state index in [1.165, 1.54) is 6.92 Å². The van der Waals surface area contributed by atoms with Crippen molar-refractivity contribution in [2.75, 3.05) is 14.2 Å². The van der Waals surface area contributed by atoms with Crippen molar-refractivity contribution < 1.29 is 29.3 Å². The van der Waals surface area contributed by atoms with E-state index in [1.807, 2.05) is 6.92 Å². The van der Waals surface area contributed by atoms with Crippen LogP contribution in [0.25, 0.3) is 0 Å². The smallest absolute Gasteiger partial charge is 0.310 e. The van der Waals surface area contributed by atoms with Crippen molar-refractivity contribution in [3.63, 3.8) is 0 Å². The number of rotatable bonds is 17. The van der Waals surface area contributed by atoms with Crippen LogP contribution in [0.3, 0.4) is 0 Å². The first kappa shape index (κ1) is 24.9. The van der Waals surface area contributed by atoms with Gasteiger partial charge in [0, 0.05) is 14.2 Å². The largest absolute Gasteiger partial charge is 0.481 e. The number of methoxy groups -OCH3 is 2. The minimum atomic E-state index is -1.14. The lowest BCUT2D eigenvalue weighted by molar-refractivity contribution is -0.163. The molecule has 0 spiro atoms. The highest BCUT2D eigenvalue weighted by Crippen LogP contribution is 2.39. The fourth-order valence-corrected chi connectivity index (χ4v) is 3.61. The first-order valence-corrected chi connectivity index (χ1v) is 9.87. The van der Waals surface area contributed by atoms with E-state index in [1.54, 1.807) is 14.2 Å². The molecule has 0 aromatic heterocycles. The number of carbonyl (C=O) groups is 2. The molecule has 0 amide bonds. The molecule has 0 aromatic rings. The lowest BCUT2D eigenvalue weighted by Crippen LogP contribution is -2.41. The monoisotopic (exact) mass is 374 g/mol. The van der Waals surface area contributed by atoms with Crippen molar-refractivity contribution in [2.24, 2.45) is 11.3 Å². The summed E-state index contributed by atoms with van der Waals surface area (Å²) in [6, 6.07) is 0. The summed E-state index contributed by atoms with van der Waals surface area (Å²) in [7, 11) is 3.30. The molecular formula is C20H38O6. The van der Waals surface area contributed by atoms with Crippen LogP contribution in [-0.4, -0.2) is 42.7 Å². The molecule has 2 N–H and O–H groups in total. The summed E-state index contributed by atoms with van der Waals surface area (Å²) < 4.78 is 10.3. The molecule has 2 atom stereocenters. The molecule has 6 nitrogen and oxygen atoms in total. The maximum atomic E-state index is 11.8. The number of carboxylic acid groups (broad SMARTS) is 2. The third-order valence-corrected chi connectivity index (χ3v) is 5.41. The Morgan fingerprint density at radius 2 is 1.38 bits per heavy atom. The zero-order valence-corrected chi connectivity index (χ0v) is 17.0. The van der Waals surface area contributed by atoms with E-state index in [9.17, 15) is 19.8 Å². The van der Waals surface area contributed by atoms with Gasteiger partial charge in [0.1, 0.15) is 0 Å². The van der Waals surface area contributed by atoms with E-state index in [0.29, 0.717) is 19.3 Å². The van der Waals surface area contributed by atoms with E-state index in [2.05, 4.69) is 0 Å². The molecule has 0 radical (unpaired) electrons. The minimum absolute atomic E-state index is 0.117. The molecular weight excluding hydrogens is 336 g/mol. The summed E-state index contributed by atoms with van der Waals surface area (Å²) in [6.07, 6.45) is 9.54. The topological polar surface area (TPSA) is 93.1 Å². The zero-order valence-electron chi connectivity index (χ0n) is 17.0. The fourth-order valence-electron chi connectivity index (χ4n) is 3.61. The Balaban J connectivity index is 4.13. The van der Waals surface area contributed by atoms with E-state index < -0.39 is 23.3 Å². The lowest BCUT2D eigenvalue weighted by Gasteiger charge is -2.33. The van der Waals surface area contributed by atoms with Gasteiger partial charge in [-0.1, -0.05) is 58.8 Å². The van der Waals surface area contributed by atoms with Crippen LogP contribution in [0.5, 0.6) is 0 Å².